The molecule has 1 fully saturated rings. The lowest BCUT2D eigenvalue weighted by molar-refractivity contribution is -0.125. The van der Waals surface area contributed by atoms with Gasteiger partial charge in [-0.05, 0) is 36.2 Å². The molecule has 2 aliphatic heterocycles. The third-order valence-corrected chi connectivity index (χ3v) is 4.67. The molecule has 140 valence electrons. The number of hydrogen-bond acceptors (Lipinski definition) is 6. The summed E-state index contributed by atoms with van der Waals surface area (Å²) < 4.78 is 0. The topological polar surface area (TPSA) is 110 Å². The molecule has 0 spiro atoms. The van der Waals surface area contributed by atoms with Gasteiger partial charge in [0.15, 0.2) is 0 Å². The Morgan fingerprint density at radius 1 is 0.964 bits per heavy atom. The Morgan fingerprint density at radius 3 is 2.11 bits per heavy atom. The number of imide groups is 2. The number of nitrogens with one attached hydrogen (secondary N) is 1. The lowest BCUT2D eigenvalue weighted by Crippen LogP contribution is -2.32. The second-order valence-electron chi connectivity index (χ2n) is 6.54. The zero-order valence-electron chi connectivity index (χ0n) is 14.5. The van der Waals surface area contributed by atoms with E-state index in [4.69, 9.17) is 4.84 Å². The van der Waals surface area contributed by atoms with Crippen LogP contribution in [0.2, 0.25) is 0 Å². The molecule has 0 aromatic heterocycles. The van der Waals surface area contributed by atoms with E-state index in [1.807, 2.05) is 0 Å². The van der Waals surface area contributed by atoms with E-state index in [-0.39, 0.29) is 34.9 Å². The van der Waals surface area contributed by atoms with E-state index in [9.17, 15) is 24.0 Å². The summed E-state index contributed by atoms with van der Waals surface area (Å²) in [6.07, 6.45) is 0.508. The summed E-state index contributed by atoms with van der Waals surface area (Å²) in [5, 5.41) is 2.71. The summed E-state index contributed by atoms with van der Waals surface area (Å²) >= 11 is 0. The third-order valence-electron chi connectivity index (χ3n) is 4.67. The molecule has 2 aromatic carbocycles. The minimum atomic E-state index is -0.852. The van der Waals surface area contributed by atoms with Crippen LogP contribution < -0.4 is 5.32 Å². The second kappa shape index (κ2) is 6.73. The summed E-state index contributed by atoms with van der Waals surface area (Å²) in [4.78, 5) is 64.7. The van der Waals surface area contributed by atoms with E-state index in [0.717, 1.165) is 5.56 Å². The monoisotopic (exact) mass is 378 g/mol. The minimum Gasteiger partial charge on any atom is -0.324 e. The number of amides is 4. The number of benzene rings is 2. The first kappa shape index (κ1) is 17.6. The molecule has 0 bridgehead atoms. The van der Waals surface area contributed by atoms with Gasteiger partial charge in [-0.25, -0.2) is 4.79 Å². The van der Waals surface area contributed by atoms with E-state index < -0.39 is 23.7 Å². The standard InChI is InChI=1S/C20H14N2O6/c23-16-10-13(17(24)21-16)9-11-5-7-12(8-6-11)20(27)28-22-18(25)14-3-1-2-4-15(14)19(22)26/h1-8,13H,9-10H2,(H,21,23,24). The molecule has 1 saturated heterocycles. The van der Waals surface area contributed by atoms with Gasteiger partial charge in [0.05, 0.1) is 22.6 Å². The highest BCUT2D eigenvalue weighted by Gasteiger charge is 2.38. The fraction of sp³-hybridized carbons (Fsp3) is 0.150. The Hall–Kier alpha value is -3.81. The van der Waals surface area contributed by atoms with Gasteiger partial charge >= 0.3 is 5.97 Å². The zero-order chi connectivity index (χ0) is 19.8. The van der Waals surface area contributed by atoms with Crippen LogP contribution >= 0.6 is 0 Å². The molecule has 28 heavy (non-hydrogen) atoms. The van der Waals surface area contributed by atoms with Gasteiger partial charge in [-0.2, -0.15) is 0 Å². The zero-order valence-corrected chi connectivity index (χ0v) is 14.5. The van der Waals surface area contributed by atoms with Crippen LogP contribution in [0.25, 0.3) is 0 Å². The first-order valence-corrected chi connectivity index (χ1v) is 8.57. The average molecular weight is 378 g/mol. The Balaban J connectivity index is 1.43. The minimum absolute atomic E-state index is 0.141. The SMILES string of the molecule is O=C1CC(Cc2ccc(C(=O)ON3C(=O)c4ccccc4C3=O)cc2)C(=O)N1. The van der Waals surface area contributed by atoms with E-state index in [2.05, 4.69) is 5.32 Å². The molecule has 1 atom stereocenters. The number of rotatable bonds is 4. The van der Waals surface area contributed by atoms with E-state index >= 15 is 0 Å². The Morgan fingerprint density at radius 2 is 1.57 bits per heavy atom. The van der Waals surface area contributed by atoms with Crippen LogP contribution in [0.3, 0.4) is 0 Å². The third kappa shape index (κ3) is 3.05. The van der Waals surface area contributed by atoms with Gasteiger partial charge in [0.2, 0.25) is 11.8 Å². The number of carbonyl (C=O) groups excluding carboxylic acids is 5. The number of hydroxylamine groups is 2. The Bertz CT molecular complexity index is 992. The molecule has 4 rings (SSSR count). The number of carbonyl (C=O) groups is 5. The molecule has 1 N–H and O–H groups in total. The summed E-state index contributed by atoms with van der Waals surface area (Å²) in [5.74, 6) is -3.27. The fourth-order valence-electron chi connectivity index (χ4n) is 3.22. The average Bonchev–Trinajstić information content (AvgIpc) is 3.13. The van der Waals surface area contributed by atoms with Crippen molar-refractivity contribution in [1.29, 1.82) is 0 Å². The summed E-state index contributed by atoms with van der Waals surface area (Å²) in [7, 11) is 0. The molecular weight excluding hydrogens is 364 g/mol. The predicted octanol–water partition coefficient (Wildman–Crippen LogP) is 1.26. The van der Waals surface area contributed by atoms with Crippen LogP contribution in [0.15, 0.2) is 48.5 Å². The summed E-state index contributed by atoms with van der Waals surface area (Å²) in [5.41, 5.74) is 1.28. The smallest absolute Gasteiger partial charge is 0.324 e. The van der Waals surface area contributed by atoms with Crippen molar-refractivity contribution in [2.75, 3.05) is 0 Å². The molecule has 0 radical (unpaired) electrons. The van der Waals surface area contributed by atoms with E-state index in [1.54, 1.807) is 24.3 Å². The predicted molar refractivity (Wildman–Crippen MR) is 93.8 cm³/mol. The second-order valence-corrected chi connectivity index (χ2v) is 6.54. The highest BCUT2D eigenvalue weighted by molar-refractivity contribution is 6.21. The summed E-state index contributed by atoms with van der Waals surface area (Å²) in [6, 6.07) is 12.4. The molecular formula is C20H14N2O6. The molecule has 0 aliphatic carbocycles. The van der Waals surface area contributed by atoms with Crippen molar-refractivity contribution in [3.8, 4) is 0 Å². The Labute approximate surface area is 159 Å². The maximum Gasteiger partial charge on any atom is 0.363 e. The maximum atomic E-state index is 12.3. The lowest BCUT2D eigenvalue weighted by atomic mass is 9.97. The van der Waals surface area contributed by atoms with Crippen LogP contribution in [0.5, 0.6) is 0 Å². The molecule has 2 heterocycles. The highest BCUT2D eigenvalue weighted by atomic mass is 16.7. The van der Waals surface area contributed by atoms with E-state index in [0.29, 0.717) is 11.5 Å². The van der Waals surface area contributed by atoms with Gasteiger partial charge < -0.3 is 4.84 Å². The van der Waals surface area contributed by atoms with Gasteiger partial charge in [-0.1, -0.05) is 29.3 Å². The highest BCUT2D eigenvalue weighted by Crippen LogP contribution is 2.23. The van der Waals surface area contributed by atoms with Crippen molar-refractivity contribution in [3.63, 3.8) is 0 Å². The maximum absolute atomic E-state index is 12.3. The fourth-order valence-corrected chi connectivity index (χ4v) is 3.22. The van der Waals surface area contributed by atoms with Crippen molar-refractivity contribution in [2.45, 2.75) is 12.8 Å². The molecule has 2 aliphatic rings. The van der Waals surface area contributed by atoms with Crippen LogP contribution in [0.4, 0.5) is 0 Å². The van der Waals surface area contributed by atoms with Gasteiger partial charge in [0.1, 0.15) is 0 Å². The van der Waals surface area contributed by atoms with Crippen molar-refractivity contribution in [3.05, 3.63) is 70.8 Å². The lowest BCUT2D eigenvalue weighted by Gasteiger charge is -2.13. The van der Waals surface area contributed by atoms with Crippen molar-refractivity contribution in [1.82, 2.24) is 10.4 Å². The van der Waals surface area contributed by atoms with Gasteiger partial charge in [-0.3, -0.25) is 24.5 Å². The normalized spacial score (nSPS) is 18.3. The van der Waals surface area contributed by atoms with Crippen LogP contribution in [-0.4, -0.2) is 34.7 Å². The van der Waals surface area contributed by atoms with Crippen LogP contribution in [0, 0.1) is 5.92 Å². The van der Waals surface area contributed by atoms with Crippen LogP contribution in [0.1, 0.15) is 43.1 Å². The van der Waals surface area contributed by atoms with Gasteiger partial charge in [0, 0.05) is 6.42 Å². The van der Waals surface area contributed by atoms with Gasteiger partial charge in [-0.15, -0.1) is 0 Å². The molecule has 4 amide bonds. The number of fused-ring (bicyclic) bond motifs is 1. The first-order chi connectivity index (χ1) is 13.4. The Kier molecular flexibility index (Phi) is 4.23. The molecule has 1 unspecified atom stereocenters. The van der Waals surface area contributed by atoms with Crippen molar-refractivity contribution < 1.29 is 28.8 Å². The number of hydrogen-bond donors (Lipinski definition) is 1. The summed E-state index contributed by atoms with van der Waals surface area (Å²) in [6.45, 7) is 0. The number of nitrogens with zero attached hydrogens (tertiary/aromatic N) is 1. The van der Waals surface area contributed by atoms with E-state index in [1.165, 1.54) is 24.3 Å². The first-order valence-electron chi connectivity index (χ1n) is 8.57. The van der Waals surface area contributed by atoms with Crippen molar-refractivity contribution >= 4 is 29.6 Å². The molecule has 8 heteroatoms. The molecule has 0 saturated carbocycles. The van der Waals surface area contributed by atoms with Gasteiger partial charge in [0.25, 0.3) is 11.8 Å². The molecule has 8 nitrogen and oxygen atoms in total. The van der Waals surface area contributed by atoms with Crippen molar-refractivity contribution in [2.24, 2.45) is 5.92 Å². The van der Waals surface area contributed by atoms with Crippen LogP contribution in [-0.2, 0) is 20.8 Å². The molecule has 2 aromatic rings. The largest absolute Gasteiger partial charge is 0.363 e. The quantitative estimate of drug-likeness (QED) is 0.802.